The second kappa shape index (κ2) is 21.0. The van der Waals surface area contributed by atoms with Crippen LogP contribution in [-0.2, 0) is 27.1 Å². The van der Waals surface area contributed by atoms with Crippen molar-refractivity contribution in [2.75, 3.05) is 9.80 Å². The predicted octanol–water partition coefficient (Wildman–Crippen LogP) is 24.2. The highest BCUT2D eigenvalue weighted by atomic mass is 32.1. The van der Waals surface area contributed by atoms with Gasteiger partial charge in [0.15, 0.2) is 0 Å². The normalized spacial score (nSPS) is 14.4. The smallest absolute Gasteiger partial charge is 0.145 e. The van der Waals surface area contributed by atoms with Crippen molar-refractivity contribution in [1.82, 2.24) is 0 Å². The van der Waals surface area contributed by atoms with E-state index in [0.29, 0.717) is 0 Å². The molecule has 14 rings (SSSR count). The summed E-state index contributed by atoms with van der Waals surface area (Å²) in [5.74, 6) is 1.56. The highest BCUT2D eigenvalue weighted by Crippen LogP contribution is 2.65. The van der Waals surface area contributed by atoms with Gasteiger partial charge in [0.25, 0.3) is 0 Å². The van der Waals surface area contributed by atoms with Crippen molar-refractivity contribution >= 4 is 87.6 Å². The lowest BCUT2D eigenvalue weighted by Gasteiger charge is -2.36. The van der Waals surface area contributed by atoms with Crippen molar-refractivity contribution in [1.29, 1.82) is 0 Å². The van der Waals surface area contributed by atoms with E-state index in [-0.39, 0.29) is 21.7 Å². The van der Waals surface area contributed by atoms with Crippen LogP contribution in [0.3, 0.4) is 0 Å². The zero-order chi connectivity index (χ0) is 61.1. The number of furan rings is 1. The SMILES string of the molecule is CC(C)(C)c1ccc(Oc2ccc(C3(c4ccc(C(C)(C)C)cc4)c4cc(N(c5ccccc5)c5ccc(C(C)(C)C)cc5)c5c(oc6ccccc65)c4-c4c3cc(N(c3ccccc3)c3ccc(C(C)(C)C)cc3)c3sc5ccccc5c43)cc2)cc1. The van der Waals surface area contributed by atoms with Crippen LogP contribution in [0.4, 0.5) is 34.1 Å². The topological polar surface area (TPSA) is 28.9 Å². The van der Waals surface area contributed by atoms with E-state index in [1.54, 1.807) is 0 Å². The number of hydrogen-bond donors (Lipinski definition) is 0. The lowest BCUT2D eigenvalue weighted by Crippen LogP contribution is -2.29. The summed E-state index contributed by atoms with van der Waals surface area (Å²) in [6.07, 6.45) is 0. The number of anilines is 6. The summed E-state index contributed by atoms with van der Waals surface area (Å²) >= 11 is 1.87. The molecule has 4 nitrogen and oxygen atoms in total. The minimum absolute atomic E-state index is 0.0199. The first-order valence-corrected chi connectivity index (χ1v) is 31.9. The van der Waals surface area contributed by atoms with Gasteiger partial charge in [0.1, 0.15) is 22.7 Å². The first-order chi connectivity index (χ1) is 42.2. The Labute approximate surface area is 523 Å². The molecule has 0 spiro atoms. The van der Waals surface area contributed by atoms with Crippen molar-refractivity contribution in [2.24, 2.45) is 0 Å². The first-order valence-electron chi connectivity index (χ1n) is 31.1. The van der Waals surface area contributed by atoms with Crippen LogP contribution in [0.25, 0.3) is 53.2 Å². The van der Waals surface area contributed by atoms with E-state index < -0.39 is 5.41 Å². The average molecular weight is 1170 g/mol. The summed E-state index contributed by atoms with van der Waals surface area (Å²) in [6, 6.07) is 90.2. The zero-order valence-electron chi connectivity index (χ0n) is 52.7. The van der Waals surface area contributed by atoms with E-state index in [2.05, 4.69) is 336 Å². The van der Waals surface area contributed by atoms with E-state index in [9.17, 15) is 0 Å². The van der Waals surface area contributed by atoms with E-state index in [1.807, 2.05) is 11.3 Å². The third-order valence-electron chi connectivity index (χ3n) is 18.2. The molecule has 0 saturated carbocycles. The summed E-state index contributed by atoms with van der Waals surface area (Å²) in [5.41, 5.74) is 19.0. The molecule has 11 aromatic carbocycles. The van der Waals surface area contributed by atoms with Gasteiger partial charge in [0, 0.05) is 49.2 Å². The molecule has 0 radical (unpaired) electrons. The fraction of sp³-hybridized carbons (Fsp3) is 0.205. The third-order valence-corrected chi connectivity index (χ3v) is 19.4. The Morgan fingerprint density at radius 1 is 0.364 bits per heavy atom. The summed E-state index contributed by atoms with van der Waals surface area (Å²) in [4.78, 5) is 4.97. The average Bonchev–Trinajstić information content (AvgIpc) is 1.50. The van der Waals surface area contributed by atoms with Crippen molar-refractivity contribution in [3.63, 3.8) is 0 Å². The molecule has 0 fully saturated rings. The van der Waals surface area contributed by atoms with Crippen LogP contribution in [-0.4, -0.2) is 0 Å². The van der Waals surface area contributed by atoms with Crippen LogP contribution in [0.15, 0.2) is 247 Å². The standard InChI is InChI=1S/C83H76N2O2S/c1-79(2,3)53-31-33-57(34-32-53)83(58-41-49-64(50-42-58)86-63-47-39-56(40-48-63)82(10,11)12)67-52-70(85(60-25-17-14-18-26-60)62-45-37-55(38-46-62)81(7,8)9)78-74(66-28-20-22-30-72(66)88-78)75(67)76-68(83)51-69(73-65-27-19-21-29-71(65)87-77(73)76)84(59-23-15-13-16-24-59)61-43-35-54(36-44-61)80(4,5)6/h13-52H,1-12H3. The Morgan fingerprint density at radius 3 is 1.26 bits per heavy atom. The predicted molar refractivity (Wildman–Crippen MR) is 375 cm³/mol. The molecule has 0 saturated heterocycles. The molecule has 2 aromatic heterocycles. The van der Waals surface area contributed by atoms with Crippen LogP contribution in [0.5, 0.6) is 11.5 Å². The van der Waals surface area contributed by atoms with E-state index >= 15 is 0 Å². The molecule has 2 heterocycles. The van der Waals surface area contributed by atoms with Gasteiger partial charge in [-0.25, -0.2) is 0 Å². The molecule has 0 amide bonds. The van der Waals surface area contributed by atoms with Crippen LogP contribution in [0.1, 0.15) is 128 Å². The summed E-state index contributed by atoms with van der Waals surface area (Å²) in [5, 5.41) is 4.54. The second-order valence-electron chi connectivity index (χ2n) is 28.2. The molecular weight excluding hydrogens is 1090 g/mol. The second-order valence-corrected chi connectivity index (χ2v) is 29.2. The summed E-state index contributed by atoms with van der Waals surface area (Å²) in [7, 11) is 0. The van der Waals surface area contributed by atoms with Crippen molar-refractivity contribution < 1.29 is 9.15 Å². The fourth-order valence-corrected chi connectivity index (χ4v) is 14.7. The lowest BCUT2D eigenvalue weighted by atomic mass is 9.67. The van der Waals surface area contributed by atoms with Gasteiger partial charge in [0.05, 0.1) is 26.9 Å². The molecule has 0 aliphatic heterocycles. The van der Waals surface area contributed by atoms with E-state index in [0.717, 1.165) is 89.8 Å². The Morgan fingerprint density at radius 2 is 0.750 bits per heavy atom. The highest BCUT2D eigenvalue weighted by molar-refractivity contribution is 7.26. The van der Waals surface area contributed by atoms with Gasteiger partial charge in [-0.1, -0.05) is 229 Å². The van der Waals surface area contributed by atoms with Crippen molar-refractivity contribution in [3.05, 3.63) is 287 Å². The number of benzene rings is 11. The maximum atomic E-state index is 7.66. The number of hydrogen-bond acceptors (Lipinski definition) is 5. The number of nitrogens with zero attached hydrogens (tertiary/aromatic N) is 2. The Balaban J connectivity index is 1.16. The number of thiophene rings is 1. The van der Waals surface area contributed by atoms with Gasteiger partial charge in [0.2, 0.25) is 0 Å². The van der Waals surface area contributed by atoms with E-state index in [4.69, 9.17) is 9.15 Å². The van der Waals surface area contributed by atoms with E-state index in [1.165, 1.54) is 53.6 Å². The molecule has 436 valence electrons. The van der Waals surface area contributed by atoms with Gasteiger partial charge >= 0.3 is 0 Å². The molecule has 13 aromatic rings. The number of rotatable bonds is 10. The Kier molecular flexibility index (Phi) is 13.5. The van der Waals surface area contributed by atoms with Crippen molar-refractivity contribution in [3.8, 4) is 22.6 Å². The molecule has 1 aliphatic carbocycles. The van der Waals surface area contributed by atoms with Crippen LogP contribution < -0.4 is 14.5 Å². The summed E-state index contributed by atoms with van der Waals surface area (Å²) < 4.78 is 16.9. The Bertz CT molecular complexity index is 4740. The minimum atomic E-state index is -0.960. The van der Waals surface area contributed by atoms with Gasteiger partial charge < -0.3 is 19.0 Å². The molecular formula is C83H76N2O2S. The molecule has 1 unspecified atom stereocenters. The fourth-order valence-electron chi connectivity index (χ4n) is 13.5. The van der Waals surface area contributed by atoms with Gasteiger partial charge in [-0.15, -0.1) is 11.3 Å². The number of fused-ring (bicyclic) bond motifs is 11. The van der Waals surface area contributed by atoms with Gasteiger partial charge in [-0.05, 0) is 169 Å². The molecule has 0 N–H and O–H groups in total. The minimum Gasteiger partial charge on any atom is -0.457 e. The first kappa shape index (κ1) is 56.6. The largest absolute Gasteiger partial charge is 0.457 e. The quantitative estimate of drug-likeness (QED) is 0.136. The molecule has 1 aliphatic rings. The Hall–Kier alpha value is -9.16. The maximum absolute atomic E-state index is 7.66. The maximum Gasteiger partial charge on any atom is 0.145 e. The molecule has 1 atom stereocenters. The van der Waals surface area contributed by atoms with Crippen LogP contribution in [0, 0.1) is 0 Å². The third kappa shape index (κ3) is 9.58. The molecule has 5 heteroatoms. The number of para-hydroxylation sites is 3. The monoisotopic (exact) mass is 1160 g/mol. The van der Waals surface area contributed by atoms with Gasteiger partial charge in [-0.2, -0.15) is 0 Å². The van der Waals surface area contributed by atoms with Crippen molar-refractivity contribution in [2.45, 2.75) is 110 Å². The molecule has 0 bridgehead atoms. The lowest BCUT2D eigenvalue weighted by molar-refractivity contribution is 0.481. The van der Waals surface area contributed by atoms with Crippen LogP contribution >= 0.6 is 11.3 Å². The highest BCUT2D eigenvalue weighted by Gasteiger charge is 2.50. The number of ether oxygens (including phenoxy) is 1. The molecule has 88 heavy (non-hydrogen) atoms. The summed E-state index contributed by atoms with van der Waals surface area (Å²) in [6.45, 7) is 27.4. The van der Waals surface area contributed by atoms with Gasteiger partial charge in [-0.3, -0.25) is 0 Å². The van der Waals surface area contributed by atoms with Crippen LogP contribution in [0.2, 0.25) is 0 Å². The zero-order valence-corrected chi connectivity index (χ0v) is 53.5.